The summed E-state index contributed by atoms with van der Waals surface area (Å²) in [6.45, 7) is -0.510. The molecule has 1 heterocycles. The Bertz CT molecular complexity index is 862. The number of carbonyl (C=O) groups excluding carboxylic acids is 2. The lowest BCUT2D eigenvalue weighted by molar-refractivity contribution is -0.142. The first-order valence-corrected chi connectivity index (χ1v) is 8.10. The van der Waals surface area contributed by atoms with Gasteiger partial charge >= 0.3 is 11.9 Å². The SMILES string of the molecule is NC(CC(=O)O)C(=O)NCC(=O)NC(Cc1c[nH]c2ccccc12)C(=O)O. The molecule has 0 saturated carbocycles. The summed E-state index contributed by atoms with van der Waals surface area (Å²) in [5, 5.41) is 23.3. The van der Waals surface area contributed by atoms with Crippen molar-refractivity contribution in [1.29, 1.82) is 0 Å². The highest BCUT2D eigenvalue weighted by molar-refractivity contribution is 5.91. The van der Waals surface area contributed by atoms with Gasteiger partial charge in [-0.05, 0) is 11.6 Å². The number of benzene rings is 1. The van der Waals surface area contributed by atoms with E-state index in [0.717, 1.165) is 16.5 Å². The molecule has 10 heteroatoms. The third kappa shape index (κ3) is 5.54. The molecule has 0 fully saturated rings. The number of amides is 2. The molecule has 0 spiro atoms. The number of fused-ring (bicyclic) bond motifs is 1. The quantitative estimate of drug-likeness (QED) is 0.332. The molecular formula is C17H20N4O6. The molecule has 2 rings (SSSR count). The molecule has 2 amide bonds. The zero-order chi connectivity index (χ0) is 20.0. The molecule has 7 N–H and O–H groups in total. The van der Waals surface area contributed by atoms with Gasteiger partial charge in [0.15, 0.2) is 0 Å². The Morgan fingerprint density at radius 2 is 1.85 bits per heavy atom. The molecule has 1 aromatic carbocycles. The Kier molecular flexibility index (Phi) is 6.50. The molecule has 144 valence electrons. The summed E-state index contributed by atoms with van der Waals surface area (Å²) in [4.78, 5) is 48.6. The van der Waals surface area contributed by atoms with Gasteiger partial charge in [0.2, 0.25) is 11.8 Å². The number of nitrogens with one attached hydrogen (secondary N) is 3. The van der Waals surface area contributed by atoms with E-state index in [4.69, 9.17) is 10.8 Å². The second kappa shape index (κ2) is 8.81. The van der Waals surface area contributed by atoms with E-state index in [1.54, 1.807) is 6.20 Å². The molecule has 27 heavy (non-hydrogen) atoms. The molecule has 0 aliphatic carbocycles. The lowest BCUT2D eigenvalue weighted by Crippen LogP contribution is -2.49. The minimum Gasteiger partial charge on any atom is -0.481 e. The van der Waals surface area contributed by atoms with Crippen LogP contribution in [0.5, 0.6) is 0 Å². The zero-order valence-electron chi connectivity index (χ0n) is 14.3. The Morgan fingerprint density at radius 3 is 2.52 bits per heavy atom. The standard InChI is InChI=1S/C17H20N4O6/c18-11(6-15(23)24)16(25)20-8-14(22)21-13(17(26)27)5-9-7-19-12-4-2-1-3-10(9)12/h1-4,7,11,13,19H,5-6,8,18H2,(H,20,25)(H,21,22)(H,23,24)(H,26,27). The number of para-hydroxylation sites is 1. The van der Waals surface area contributed by atoms with Gasteiger partial charge in [0, 0.05) is 23.5 Å². The van der Waals surface area contributed by atoms with Crippen LogP contribution in [0.4, 0.5) is 0 Å². The van der Waals surface area contributed by atoms with Crippen LogP contribution in [0.3, 0.4) is 0 Å². The van der Waals surface area contributed by atoms with Crippen molar-refractivity contribution >= 4 is 34.7 Å². The van der Waals surface area contributed by atoms with Gasteiger partial charge in [-0.1, -0.05) is 18.2 Å². The Hall–Kier alpha value is -3.40. The van der Waals surface area contributed by atoms with E-state index in [-0.39, 0.29) is 6.42 Å². The average Bonchev–Trinajstić information content (AvgIpc) is 3.01. The van der Waals surface area contributed by atoms with Crippen LogP contribution in [0.2, 0.25) is 0 Å². The molecular weight excluding hydrogens is 356 g/mol. The molecule has 0 radical (unpaired) electrons. The van der Waals surface area contributed by atoms with E-state index in [0.29, 0.717) is 0 Å². The van der Waals surface area contributed by atoms with Gasteiger partial charge in [0.1, 0.15) is 6.04 Å². The summed E-state index contributed by atoms with van der Waals surface area (Å²) < 4.78 is 0. The van der Waals surface area contributed by atoms with E-state index in [9.17, 15) is 24.3 Å². The first-order chi connectivity index (χ1) is 12.8. The molecule has 10 nitrogen and oxygen atoms in total. The van der Waals surface area contributed by atoms with Crippen molar-refractivity contribution in [1.82, 2.24) is 15.6 Å². The highest BCUT2D eigenvalue weighted by Crippen LogP contribution is 2.19. The van der Waals surface area contributed by atoms with E-state index in [1.807, 2.05) is 24.3 Å². The van der Waals surface area contributed by atoms with Crippen molar-refractivity contribution in [3.8, 4) is 0 Å². The normalized spacial score (nSPS) is 12.9. The van der Waals surface area contributed by atoms with Crippen LogP contribution in [0.1, 0.15) is 12.0 Å². The summed E-state index contributed by atoms with van der Waals surface area (Å²) >= 11 is 0. The number of hydrogen-bond donors (Lipinski definition) is 6. The maximum absolute atomic E-state index is 11.9. The van der Waals surface area contributed by atoms with Crippen LogP contribution < -0.4 is 16.4 Å². The number of nitrogens with two attached hydrogens (primary N) is 1. The number of carboxylic acid groups (broad SMARTS) is 2. The van der Waals surface area contributed by atoms with E-state index in [2.05, 4.69) is 15.6 Å². The number of carboxylic acids is 2. The van der Waals surface area contributed by atoms with Gasteiger partial charge in [-0.25, -0.2) is 4.79 Å². The van der Waals surface area contributed by atoms with E-state index < -0.39 is 48.8 Å². The first-order valence-electron chi connectivity index (χ1n) is 8.10. The topological polar surface area (TPSA) is 175 Å². The smallest absolute Gasteiger partial charge is 0.326 e. The molecule has 0 aliphatic rings. The summed E-state index contributed by atoms with van der Waals surface area (Å²) in [5.74, 6) is -4.00. The minimum absolute atomic E-state index is 0.0531. The summed E-state index contributed by atoms with van der Waals surface area (Å²) in [5.41, 5.74) is 6.95. The maximum Gasteiger partial charge on any atom is 0.326 e. The van der Waals surface area contributed by atoms with Gasteiger partial charge in [-0.2, -0.15) is 0 Å². The lowest BCUT2D eigenvalue weighted by atomic mass is 10.0. The molecule has 0 bridgehead atoms. The first kappa shape index (κ1) is 19.9. The monoisotopic (exact) mass is 376 g/mol. The number of aliphatic carboxylic acids is 2. The van der Waals surface area contributed by atoms with Gasteiger partial charge in [-0.3, -0.25) is 14.4 Å². The van der Waals surface area contributed by atoms with Crippen molar-refractivity contribution in [3.63, 3.8) is 0 Å². The van der Waals surface area contributed by atoms with Crippen LogP contribution in [-0.4, -0.2) is 57.6 Å². The van der Waals surface area contributed by atoms with Crippen molar-refractivity contribution < 1.29 is 29.4 Å². The Balaban J connectivity index is 1.93. The number of rotatable bonds is 9. The maximum atomic E-state index is 11.9. The highest BCUT2D eigenvalue weighted by Gasteiger charge is 2.23. The van der Waals surface area contributed by atoms with Crippen LogP contribution in [0, 0.1) is 0 Å². The fraction of sp³-hybridized carbons (Fsp3) is 0.294. The van der Waals surface area contributed by atoms with Crippen LogP contribution in [0.25, 0.3) is 10.9 Å². The molecule has 2 unspecified atom stereocenters. The average molecular weight is 376 g/mol. The van der Waals surface area contributed by atoms with Crippen molar-refractivity contribution in [3.05, 3.63) is 36.0 Å². The predicted molar refractivity (Wildman–Crippen MR) is 94.8 cm³/mol. The van der Waals surface area contributed by atoms with E-state index in [1.165, 1.54) is 0 Å². The lowest BCUT2D eigenvalue weighted by Gasteiger charge is -2.15. The minimum atomic E-state index is -1.29. The van der Waals surface area contributed by atoms with Gasteiger partial charge < -0.3 is 31.6 Å². The van der Waals surface area contributed by atoms with Crippen molar-refractivity contribution in [2.45, 2.75) is 24.9 Å². The second-order valence-electron chi connectivity index (χ2n) is 5.94. The Morgan fingerprint density at radius 1 is 1.15 bits per heavy atom. The van der Waals surface area contributed by atoms with E-state index >= 15 is 0 Å². The second-order valence-corrected chi connectivity index (χ2v) is 5.94. The molecule has 0 saturated heterocycles. The van der Waals surface area contributed by atoms with Crippen LogP contribution >= 0.6 is 0 Å². The molecule has 2 aromatic rings. The number of aromatic nitrogens is 1. The van der Waals surface area contributed by atoms with Gasteiger partial charge in [0.05, 0.1) is 19.0 Å². The third-order valence-electron chi connectivity index (χ3n) is 3.89. The number of H-pyrrole nitrogens is 1. The Labute approximate surface area is 153 Å². The summed E-state index contributed by atoms with van der Waals surface area (Å²) in [7, 11) is 0. The van der Waals surface area contributed by atoms with Crippen LogP contribution in [0.15, 0.2) is 30.5 Å². The molecule has 1 aromatic heterocycles. The highest BCUT2D eigenvalue weighted by atomic mass is 16.4. The predicted octanol–water partition coefficient (Wildman–Crippen LogP) is -0.802. The van der Waals surface area contributed by atoms with Gasteiger partial charge in [-0.15, -0.1) is 0 Å². The zero-order valence-corrected chi connectivity index (χ0v) is 14.3. The summed E-state index contributed by atoms with van der Waals surface area (Å²) in [6, 6.07) is 4.87. The van der Waals surface area contributed by atoms with Crippen molar-refractivity contribution in [2.24, 2.45) is 5.73 Å². The fourth-order valence-electron chi connectivity index (χ4n) is 2.55. The van der Waals surface area contributed by atoms with Crippen molar-refractivity contribution in [2.75, 3.05) is 6.54 Å². The number of hydrogen-bond acceptors (Lipinski definition) is 5. The molecule has 0 aliphatic heterocycles. The fourth-order valence-corrected chi connectivity index (χ4v) is 2.55. The third-order valence-corrected chi connectivity index (χ3v) is 3.89. The summed E-state index contributed by atoms with van der Waals surface area (Å²) in [6.07, 6.45) is 1.16. The number of carbonyl (C=O) groups is 4. The largest absolute Gasteiger partial charge is 0.481 e. The van der Waals surface area contributed by atoms with Crippen LogP contribution in [-0.2, 0) is 25.6 Å². The van der Waals surface area contributed by atoms with Gasteiger partial charge in [0.25, 0.3) is 0 Å². The number of aromatic amines is 1. The molecule has 2 atom stereocenters.